The van der Waals surface area contributed by atoms with Crippen molar-refractivity contribution in [1.82, 2.24) is 9.78 Å². The minimum atomic E-state index is -0.626. The topological polar surface area (TPSA) is 79.7 Å². The van der Waals surface area contributed by atoms with Gasteiger partial charge in [-0.05, 0) is 24.6 Å². The number of nitrogens with zero attached hydrogens (tertiary/aromatic N) is 2. The van der Waals surface area contributed by atoms with Crippen molar-refractivity contribution in [2.75, 3.05) is 6.79 Å². The molecule has 7 heteroatoms. The van der Waals surface area contributed by atoms with Crippen molar-refractivity contribution in [3.8, 4) is 17.2 Å². The number of rotatable bonds is 6. The summed E-state index contributed by atoms with van der Waals surface area (Å²) in [5.41, 5.74) is -0.0873. The zero-order valence-corrected chi connectivity index (χ0v) is 15.5. The van der Waals surface area contributed by atoms with Crippen LogP contribution in [0.1, 0.15) is 36.7 Å². The van der Waals surface area contributed by atoms with Crippen molar-refractivity contribution in [2.45, 2.75) is 32.7 Å². The summed E-state index contributed by atoms with van der Waals surface area (Å²) in [4.78, 5) is 25.6. The van der Waals surface area contributed by atoms with Crippen LogP contribution < -0.4 is 19.8 Å². The first-order valence-electron chi connectivity index (χ1n) is 9.29. The third-order valence-electron chi connectivity index (χ3n) is 4.59. The molecule has 0 fully saturated rings. The Bertz CT molecular complexity index is 1090. The average molecular weight is 380 g/mol. The van der Waals surface area contributed by atoms with E-state index in [-0.39, 0.29) is 18.0 Å². The summed E-state index contributed by atoms with van der Waals surface area (Å²) in [6, 6.07) is 11.9. The van der Waals surface area contributed by atoms with Gasteiger partial charge in [0, 0.05) is 18.0 Å². The lowest BCUT2D eigenvalue weighted by Gasteiger charge is -2.11. The molecular formula is C21H20N2O5. The van der Waals surface area contributed by atoms with E-state index in [2.05, 4.69) is 12.0 Å². The summed E-state index contributed by atoms with van der Waals surface area (Å²) in [5.74, 6) is 0.823. The molecule has 3 aromatic rings. The van der Waals surface area contributed by atoms with Crippen LogP contribution in [-0.2, 0) is 6.54 Å². The maximum atomic E-state index is 12.8. The number of esters is 1. The van der Waals surface area contributed by atoms with Gasteiger partial charge >= 0.3 is 5.97 Å². The first-order chi connectivity index (χ1) is 13.7. The van der Waals surface area contributed by atoms with Gasteiger partial charge in [-0.3, -0.25) is 4.79 Å². The van der Waals surface area contributed by atoms with Gasteiger partial charge in [-0.1, -0.05) is 38.0 Å². The molecule has 4 rings (SSSR count). The largest absolute Gasteiger partial charge is 0.454 e. The fourth-order valence-corrected chi connectivity index (χ4v) is 3.14. The summed E-state index contributed by atoms with van der Waals surface area (Å²) >= 11 is 0. The molecule has 1 aliphatic heterocycles. The SMILES string of the molecule is CCCCCn1nc(C(=O)Oc2ccc3c(c2)OCO3)c2ccccc2c1=O. The van der Waals surface area contributed by atoms with Gasteiger partial charge < -0.3 is 14.2 Å². The third kappa shape index (κ3) is 3.43. The molecule has 0 aliphatic carbocycles. The number of fused-ring (bicyclic) bond motifs is 2. The van der Waals surface area contributed by atoms with Gasteiger partial charge in [0.05, 0.1) is 5.39 Å². The van der Waals surface area contributed by atoms with Crippen molar-refractivity contribution >= 4 is 16.7 Å². The molecule has 7 nitrogen and oxygen atoms in total. The van der Waals surface area contributed by atoms with E-state index in [1.54, 1.807) is 42.5 Å². The lowest BCUT2D eigenvalue weighted by molar-refractivity contribution is 0.0727. The number of carbonyl (C=O) groups excluding carboxylic acids is 1. The monoisotopic (exact) mass is 380 g/mol. The highest BCUT2D eigenvalue weighted by Crippen LogP contribution is 2.35. The van der Waals surface area contributed by atoms with Crippen LogP contribution >= 0.6 is 0 Å². The zero-order chi connectivity index (χ0) is 19.5. The summed E-state index contributed by atoms with van der Waals surface area (Å²) < 4.78 is 17.4. The normalized spacial score (nSPS) is 12.3. The maximum Gasteiger partial charge on any atom is 0.364 e. The van der Waals surface area contributed by atoms with E-state index >= 15 is 0 Å². The second kappa shape index (κ2) is 7.72. The number of hydrogen-bond acceptors (Lipinski definition) is 6. The van der Waals surface area contributed by atoms with Crippen molar-refractivity contribution < 1.29 is 19.0 Å². The quantitative estimate of drug-likeness (QED) is 0.370. The van der Waals surface area contributed by atoms with Gasteiger partial charge in [0.15, 0.2) is 17.2 Å². The van der Waals surface area contributed by atoms with E-state index < -0.39 is 5.97 Å². The first-order valence-corrected chi connectivity index (χ1v) is 9.29. The van der Waals surface area contributed by atoms with E-state index in [0.29, 0.717) is 34.6 Å². The molecule has 0 unspecified atom stereocenters. The molecular weight excluding hydrogens is 360 g/mol. The van der Waals surface area contributed by atoms with Crippen LogP contribution in [0, 0.1) is 0 Å². The standard InChI is InChI=1S/C21H20N2O5/c1-2-3-6-11-23-20(24)16-8-5-4-7-15(16)19(22-23)21(25)28-14-9-10-17-18(12-14)27-13-26-17/h4-5,7-10,12H,2-3,6,11,13H2,1H3. The summed E-state index contributed by atoms with van der Waals surface area (Å²) in [5, 5.41) is 5.24. The molecule has 0 saturated carbocycles. The third-order valence-corrected chi connectivity index (χ3v) is 4.59. The summed E-state index contributed by atoms with van der Waals surface area (Å²) in [6.45, 7) is 2.69. The Kier molecular flexibility index (Phi) is 4.97. The lowest BCUT2D eigenvalue weighted by atomic mass is 10.1. The van der Waals surface area contributed by atoms with Gasteiger partial charge in [0.25, 0.3) is 5.56 Å². The smallest absolute Gasteiger partial charge is 0.364 e. The van der Waals surface area contributed by atoms with E-state index in [1.165, 1.54) is 4.68 Å². The van der Waals surface area contributed by atoms with E-state index in [4.69, 9.17) is 14.2 Å². The van der Waals surface area contributed by atoms with Gasteiger partial charge in [-0.2, -0.15) is 5.10 Å². The fraction of sp³-hybridized carbons (Fsp3) is 0.286. The summed E-state index contributed by atoms with van der Waals surface area (Å²) in [6.07, 6.45) is 2.83. The molecule has 0 radical (unpaired) electrons. The predicted molar refractivity (Wildman–Crippen MR) is 103 cm³/mol. The van der Waals surface area contributed by atoms with Crippen LogP contribution in [0.2, 0.25) is 0 Å². The second-order valence-electron chi connectivity index (χ2n) is 6.53. The van der Waals surface area contributed by atoms with Crippen molar-refractivity contribution in [1.29, 1.82) is 0 Å². The number of aromatic nitrogens is 2. The molecule has 0 N–H and O–H groups in total. The Balaban J connectivity index is 1.69. The van der Waals surface area contributed by atoms with Crippen LogP contribution in [0.3, 0.4) is 0 Å². The predicted octanol–water partition coefficient (Wildman–Crippen LogP) is 3.53. The lowest BCUT2D eigenvalue weighted by Crippen LogP contribution is -2.27. The molecule has 0 atom stereocenters. The Labute approximate surface area is 161 Å². The van der Waals surface area contributed by atoms with Crippen molar-refractivity contribution in [3.63, 3.8) is 0 Å². The molecule has 144 valence electrons. The highest BCUT2D eigenvalue weighted by Gasteiger charge is 2.20. The van der Waals surface area contributed by atoms with Crippen LogP contribution in [0.5, 0.6) is 17.2 Å². The number of benzene rings is 2. The summed E-state index contributed by atoms with van der Waals surface area (Å²) in [7, 11) is 0. The number of hydrogen-bond donors (Lipinski definition) is 0. The highest BCUT2D eigenvalue weighted by molar-refractivity contribution is 6.02. The molecule has 1 aromatic heterocycles. The Morgan fingerprint density at radius 2 is 1.89 bits per heavy atom. The molecule has 0 spiro atoms. The molecule has 1 aliphatic rings. The molecule has 2 aromatic carbocycles. The van der Waals surface area contributed by atoms with Gasteiger partial charge in [-0.25, -0.2) is 9.48 Å². The molecule has 0 amide bonds. The Morgan fingerprint density at radius 1 is 1.11 bits per heavy atom. The second-order valence-corrected chi connectivity index (χ2v) is 6.53. The molecule has 2 heterocycles. The molecule has 28 heavy (non-hydrogen) atoms. The Morgan fingerprint density at radius 3 is 2.71 bits per heavy atom. The van der Waals surface area contributed by atoms with Crippen molar-refractivity contribution in [3.05, 3.63) is 58.5 Å². The van der Waals surface area contributed by atoms with Crippen LogP contribution in [0.15, 0.2) is 47.3 Å². The minimum Gasteiger partial charge on any atom is -0.454 e. The van der Waals surface area contributed by atoms with E-state index in [9.17, 15) is 9.59 Å². The van der Waals surface area contributed by atoms with Crippen LogP contribution in [0.4, 0.5) is 0 Å². The van der Waals surface area contributed by atoms with Gasteiger partial charge in [0.1, 0.15) is 5.75 Å². The number of carbonyl (C=O) groups is 1. The van der Waals surface area contributed by atoms with E-state index in [1.807, 2.05) is 0 Å². The minimum absolute atomic E-state index is 0.115. The van der Waals surface area contributed by atoms with Crippen molar-refractivity contribution in [2.24, 2.45) is 0 Å². The van der Waals surface area contributed by atoms with Gasteiger partial charge in [-0.15, -0.1) is 0 Å². The highest BCUT2D eigenvalue weighted by atomic mass is 16.7. The number of unbranched alkanes of at least 4 members (excludes halogenated alkanes) is 2. The number of aryl methyl sites for hydroxylation is 1. The number of ether oxygens (including phenoxy) is 3. The maximum absolute atomic E-state index is 12.8. The van der Waals surface area contributed by atoms with Gasteiger partial charge in [0.2, 0.25) is 6.79 Å². The zero-order valence-electron chi connectivity index (χ0n) is 15.5. The fourth-order valence-electron chi connectivity index (χ4n) is 3.14. The molecule has 0 bridgehead atoms. The van der Waals surface area contributed by atoms with E-state index in [0.717, 1.165) is 19.3 Å². The first kappa shape index (κ1) is 18.0. The molecule has 0 saturated heterocycles. The van der Waals surface area contributed by atoms with Crippen LogP contribution in [0.25, 0.3) is 10.8 Å². The van der Waals surface area contributed by atoms with Crippen LogP contribution in [-0.4, -0.2) is 22.5 Å². The Hall–Kier alpha value is -3.35. The average Bonchev–Trinajstić information content (AvgIpc) is 3.18.